The molecule has 0 spiro atoms. The molecule has 0 saturated carbocycles. The number of hydrogen-bond donors (Lipinski definition) is 6. The van der Waals surface area contributed by atoms with Crippen LogP contribution in [0.2, 0.25) is 0 Å². The van der Waals surface area contributed by atoms with Gasteiger partial charge in [0.25, 0.3) is 5.91 Å². The third-order valence-electron chi connectivity index (χ3n) is 8.53. The molecule has 0 heterocycles. The minimum absolute atomic E-state index is 0.0176. The number of benzene rings is 2. The molecule has 3 aliphatic rings. The number of fused-ring (bicyclic) bond motifs is 3. The van der Waals surface area contributed by atoms with Gasteiger partial charge in [-0.15, -0.1) is 0 Å². The molecule has 1 unspecified atom stereocenters. The Morgan fingerprint density at radius 2 is 1.74 bits per heavy atom. The number of likely N-dealkylation sites (N-methyl/N-ethyl adjacent to an activating group) is 1. The van der Waals surface area contributed by atoms with Gasteiger partial charge in [0.05, 0.1) is 18.2 Å². The molecule has 0 fully saturated rings. The van der Waals surface area contributed by atoms with E-state index in [1.54, 1.807) is 44.4 Å². The van der Waals surface area contributed by atoms with E-state index in [2.05, 4.69) is 5.32 Å². The summed E-state index contributed by atoms with van der Waals surface area (Å²) in [4.78, 5) is 40.8. The average Bonchev–Trinajstić information content (AvgIpc) is 2.90. The number of alkyl halides is 3. The lowest BCUT2D eigenvalue weighted by Gasteiger charge is -2.50. The quantitative estimate of drug-likeness (QED) is 0.272. The predicted molar refractivity (Wildman–Crippen MR) is 147 cm³/mol. The number of aromatic hydroxyl groups is 1. The van der Waals surface area contributed by atoms with E-state index < -0.39 is 70.8 Å². The van der Waals surface area contributed by atoms with Gasteiger partial charge in [-0.3, -0.25) is 19.3 Å². The fourth-order valence-electron chi connectivity index (χ4n) is 6.67. The molecule has 10 nitrogen and oxygen atoms in total. The number of hydrogen-bond acceptors (Lipinski definition) is 9. The topological polar surface area (TPSA) is 173 Å². The van der Waals surface area contributed by atoms with Gasteiger partial charge < -0.3 is 31.5 Å². The second kappa shape index (κ2) is 10.5. The molecule has 1 amide bonds. The highest BCUT2D eigenvalue weighted by Crippen LogP contribution is 2.53. The number of rotatable bonds is 6. The molecule has 0 aliphatic heterocycles. The van der Waals surface area contributed by atoms with Crippen LogP contribution in [-0.2, 0) is 22.6 Å². The maximum atomic E-state index is 13.9. The Balaban J connectivity index is 1.57. The van der Waals surface area contributed by atoms with Crippen LogP contribution in [0.15, 0.2) is 59.1 Å². The number of allylic oxidation sites excluding steroid dienone is 1. The molecule has 0 aromatic heterocycles. The Hall–Kier alpha value is -4.20. The molecule has 228 valence electrons. The smallest absolute Gasteiger partial charge is 0.401 e. The summed E-state index contributed by atoms with van der Waals surface area (Å²) < 4.78 is 37.4. The summed E-state index contributed by atoms with van der Waals surface area (Å²) >= 11 is 0. The highest BCUT2D eigenvalue weighted by Gasteiger charge is 2.63. The highest BCUT2D eigenvalue weighted by molar-refractivity contribution is 6.24. The van der Waals surface area contributed by atoms with E-state index in [0.717, 1.165) is 0 Å². The molecule has 4 atom stereocenters. The van der Waals surface area contributed by atoms with Crippen LogP contribution in [-0.4, -0.2) is 81.3 Å². The first-order valence-electron chi connectivity index (χ1n) is 13.4. The SMILES string of the molecule is CN(C)C1C(O)=C(C(N)=O)C(=O)[C@]2(O)C(O)=C3C(=O)c4c(O)ccc(-c5ccc(CNCC(F)(F)F)cc5)c4C[C@@H]3C[C@H]12. The zero-order valence-corrected chi connectivity index (χ0v) is 23.2. The van der Waals surface area contributed by atoms with E-state index in [9.17, 15) is 48.0 Å². The van der Waals surface area contributed by atoms with Crippen LogP contribution in [0, 0.1) is 11.8 Å². The minimum Gasteiger partial charge on any atom is -0.510 e. The Morgan fingerprint density at radius 1 is 1.09 bits per heavy atom. The third-order valence-corrected chi connectivity index (χ3v) is 8.53. The summed E-state index contributed by atoms with van der Waals surface area (Å²) in [6.45, 7) is -1.16. The van der Waals surface area contributed by atoms with Crippen LogP contribution < -0.4 is 11.1 Å². The van der Waals surface area contributed by atoms with Crippen molar-refractivity contribution in [1.82, 2.24) is 10.2 Å². The van der Waals surface area contributed by atoms with Gasteiger partial charge in [0.1, 0.15) is 22.8 Å². The second-order valence-electron chi connectivity index (χ2n) is 11.4. The Morgan fingerprint density at radius 3 is 2.33 bits per heavy atom. The molecule has 13 heteroatoms. The summed E-state index contributed by atoms with van der Waals surface area (Å²) in [5.41, 5.74) is 3.58. The van der Waals surface area contributed by atoms with Crippen LogP contribution in [0.4, 0.5) is 13.2 Å². The van der Waals surface area contributed by atoms with E-state index in [0.29, 0.717) is 22.3 Å². The van der Waals surface area contributed by atoms with Crippen LogP contribution in [0.5, 0.6) is 5.75 Å². The largest absolute Gasteiger partial charge is 0.510 e. The number of ketones is 2. The maximum Gasteiger partial charge on any atom is 0.401 e. The number of aliphatic hydroxyl groups is 3. The molecule has 0 saturated heterocycles. The van der Waals surface area contributed by atoms with Gasteiger partial charge in [-0.2, -0.15) is 13.2 Å². The van der Waals surface area contributed by atoms with Crippen molar-refractivity contribution in [2.75, 3.05) is 20.6 Å². The lowest BCUT2D eigenvalue weighted by Crippen LogP contribution is -2.63. The number of nitrogens with zero attached hydrogens (tertiary/aromatic N) is 1. The number of carbonyl (C=O) groups excluding carboxylic acids is 3. The standard InChI is InChI=1S/C30H30F3N3O7/c1-36(2)23-18-10-15-9-17-16(14-5-3-13(4-6-14)11-35-12-29(31,32)33)7-8-19(37)21(17)24(38)20(15)26(40)30(18,43)27(41)22(25(23)39)28(34)42/h3-8,15,18,23,35,37,39-40,43H,9-12H2,1-2H3,(H2,34,42)/t15-,18-,23?,30-/m1/s1. The summed E-state index contributed by atoms with van der Waals surface area (Å²) in [7, 11) is 3.09. The van der Waals surface area contributed by atoms with E-state index in [1.165, 1.54) is 11.0 Å². The zero-order valence-electron chi connectivity index (χ0n) is 23.2. The number of nitrogens with one attached hydrogen (secondary N) is 1. The third kappa shape index (κ3) is 4.86. The Labute approximate surface area is 243 Å². The number of nitrogens with two attached hydrogens (primary N) is 1. The minimum atomic E-state index is -4.34. The number of primary amides is 1. The Bertz CT molecular complexity index is 1600. The summed E-state index contributed by atoms with van der Waals surface area (Å²) in [6, 6.07) is 8.44. The van der Waals surface area contributed by atoms with Crippen molar-refractivity contribution < 1.29 is 48.0 Å². The van der Waals surface area contributed by atoms with E-state index in [4.69, 9.17) is 5.73 Å². The molecule has 7 N–H and O–H groups in total. The molecule has 5 rings (SSSR count). The molecule has 43 heavy (non-hydrogen) atoms. The van der Waals surface area contributed by atoms with Crippen molar-refractivity contribution >= 4 is 17.5 Å². The monoisotopic (exact) mass is 601 g/mol. The molecular weight excluding hydrogens is 571 g/mol. The van der Waals surface area contributed by atoms with Crippen molar-refractivity contribution in [3.63, 3.8) is 0 Å². The molecule has 2 aromatic rings. The molecule has 0 radical (unpaired) electrons. The molecular formula is C30H30F3N3O7. The van der Waals surface area contributed by atoms with Crippen LogP contribution in [0.3, 0.4) is 0 Å². The molecule has 0 bridgehead atoms. The van der Waals surface area contributed by atoms with Crippen molar-refractivity contribution in [3.05, 3.63) is 75.8 Å². The fourth-order valence-corrected chi connectivity index (χ4v) is 6.67. The number of amides is 1. The summed E-state index contributed by atoms with van der Waals surface area (Å²) in [6.07, 6.45) is -4.29. The first kappa shape index (κ1) is 30.3. The van der Waals surface area contributed by atoms with Gasteiger partial charge in [0.2, 0.25) is 5.78 Å². The maximum absolute atomic E-state index is 13.9. The van der Waals surface area contributed by atoms with E-state index >= 15 is 0 Å². The Kier molecular flexibility index (Phi) is 7.39. The summed E-state index contributed by atoms with van der Waals surface area (Å²) in [5.74, 6) is -7.30. The number of halogens is 3. The van der Waals surface area contributed by atoms with Gasteiger partial charge in [0.15, 0.2) is 11.4 Å². The summed E-state index contributed by atoms with van der Waals surface area (Å²) in [5, 5.41) is 47.0. The molecule has 3 aliphatic carbocycles. The number of carbonyl (C=O) groups is 3. The lowest BCUT2D eigenvalue weighted by molar-refractivity contribution is -0.148. The van der Waals surface area contributed by atoms with Crippen molar-refractivity contribution in [2.45, 2.75) is 37.2 Å². The van der Waals surface area contributed by atoms with Crippen LogP contribution in [0.25, 0.3) is 11.1 Å². The normalized spacial score (nSPS) is 25.5. The molecule has 2 aromatic carbocycles. The van der Waals surface area contributed by atoms with Gasteiger partial charge in [-0.05, 0) is 61.2 Å². The predicted octanol–water partition coefficient (Wildman–Crippen LogP) is 2.44. The number of Topliss-reactive ketones (excluding diaryl/α,β-unsaturated/α-hetero) is 2. The van der Waals surface area contributed by atoms with E-state index in [-0.39, 0.29) is 36.3 Å². The number of aliphatic hydroxyl groups excluding tert-OH is 2. The average molecular weight is 602 g/mol. The van der Waals surface area contributed by atoms with Gasteiger partial charge >= 0.3 is 6.18 Å². The fraction of sp³-hybridized carbons (Fsp3) is 0.367. The van der Waals surface area contributed by atoms with Gasteiger partial charge in [-0.1, -0.05) is 30.3 Å². The second-order valence-corrected chi connectivity index (χ2v) is 11.4. The van der Waals surface area contributed by atoms with Crippen molar-refractivity contribution in [1.29, 1.82) is 0 Å². The van der Waals surface area contributed by atoms with Crippen molar-refractivity contribution in [3.8, 4) is 16.9 Å². The zero-order chi connectivity index (χ0) is 31.6. The lowest BCUT2D eigenvalue weighted by atomic mass is 9.58. The van der Waals surface area contributed by atoms with Crippen molar-refractivity contribution in [2.24, 2.45) is 17.6 Å². The number of phenols is 1. The van der Waals surface area contributed by atoms with Crippen LogP contribution >= 0.6 is 0 Å². The number of phenolic OH excluding ortho intramolecular Hbond substituents is 1. The van der Waals surface area contributed by atoms with Crippen LogP contribution in [0.1, 0.15) is 27.9 Å². The highest BCUT2D eigenvalue weighted by atomic mass is 19.4. The first-order valence-corrected chi connectivity index (χ1v) is 13.4. The van der Waals surface area contributed by atoms with Gasteiger partial charge in [0, 0.05) is 18.0 Å². The van der Waals surface area contributed by atoms with E-state index in [1.807, 2.05) is 0 Å². The first-order chi connectivity index (χ1) is 20.1. The van der Waals surface area contributed by atoms with Gasteiger partial charge in [-0.25, -0.2) is 0 Å².